The first-order valence-corrected chi connectivity index (χ1v) is 11.1. The lowest BCUT2D eigenvalue weighted by Gasteiger charge is -2.20. The molecule has 33 heavy (non-hydrogen) atoms. The molecule has 0 radical (unpaired) electrons. The van der Waals surface area contributed by atoms with Crippen molar-refractivity contribution in [3.63, 3.8) is 0 Å². The van der Waals surface area contributed by atoms with E-state index in [1.165, 1.54) is 7.11 Å². The molecule has 2 aromatic rings. The van der Waals surface area contributed by atoms with Crippen LogP contribution in [-0.2, 0) is 19.1 Å². The molecule has 1 fully saturated rings. The molecule has 2 aliphatic carbocycles. The maximum atomic E-state index is 12.6. The number of nitrogens with one attached hydrogen (secondary N) is 2. The number of carboxylic acid groups (broad SMARTS) is 1. The number of carboxylic acids is 1. The molecule has 4 rings (SSSR count). The molecule has 2 amide bonds. The summed E-state index contributed by atoms with van der Waals surface area (Å²) in [6.45, 7) is 0.0628. The van der Waals surface area contributed by atoms with Gasteiger partial charge in [0.25, 0.3) is 0 Å². The number of amides is 2. The molecule has 0 bridgehead atoms. The van der Waals surface area contributed by atoms with Gasteiger partial charge >= 0.3 is 12.1 Å². The summed E-state index contributed by atoms with van der Waals surface area (Å²) in [4.78, 5) is 36.2. The van der Waals surface area contributed by atoms with Crippen LogP contribution in [0.15, 0.2) is 48.5 Å². The Kier molecular flexibility index (Phi) is 6.93. The van der Waals surface area contributed by atoms with Gasteiger partial charge in [-0.1, -0.05) is 48.5 Å². The predicted octanol–water partition coefficient (Wildman–Crippen LogP) is 2.91. The largest absolute Gasteiger partial charge is 0.480 e. The van der Waals surface area contributed by atoms with Crippen molar-refractivity contribution < 1.29 is 29.0 Å². The van der Waals surface area contributed by atoms with Crippen LogP contribution in [0.25, 0.3) is 11.1 Å². The lowest BCUT2D eigenvalue weighted by Crippen LogP contribution is -2.47. The van der Waals surface area contributed by atoms with Crippen LogP contribution in [0.4, 0.5) is 4.79 Å². The summed E-state index contributed by atoms with van der Waals surface area (Å²) in [5, 5.41) is 14.4. The maximum absolute atomic E-state index is 12.6. The van der Waals surface area contributed by atoms with Gasteiger partial charge in [0.15, 0.2) is 6.04 Å². The Hall–Kier alpha value is -3.39. The lowest BCUT2D eigenvalue weighted by molar-refractivity contribution is -0.143. The van der Waals surface area contributed by atoms with Crippen LogP contribution in [0.2, 0.25) is 0 Å². The summed E-state index contributed by atoms with van der Waals surface area (Å²) < 4.78 is 10.4. The van der Waals surface area contributed by atoms with E-state index in [1.807, 2.05) is 24.3 Å². The molecular formula is C25H28N2O6. The molecule has 0 aromatic heterocycles. The maximum Gasteiger partial charge on any atom is 0.407 e. The van der Waals surface area contributed by atoms with Crippen molar-refractivity contribution in [3.8, 4) is 11.1 Å². The molecule has 1 saturated carbocycles. The highest BCUT2D eigenvalue weighted by atomic mass is 16.5. The number of hydrogen-bond acceptors (Lipinski definition) is 5. The monoisotopic (exact) mass is 452 g/mol. The summed E-state index contributed by atoms with van der Waals surface area (Å²) >= 11 is 0. The van der Waals surface area contributed by atoms with Gasteiger partial charge in [0.05, 0.1) is 6.61 Å². The fourth-order valence-corrected chi connectivity index (χ4v) is 4.42. The normalized spacial score (nSPS) is 16.3. The van der Waals surface area contributed by atoms with Gasteiger partial charge in [-0.3, -0.25) is 4.79 Å². The molecular weight excluding hydrogens is 424 g/mol. The van der Waals surface area contributed by atoms with E-state index in [0.717, 1.165) is 35.1 Å². The topological polar surface area (TPSA) is 114 Å². The van der Waals surface area contributed by atoms with Gasteiger partial charge in [-0.05, 0) is 41.0 Å². The number of carbonyl (C=O) groups excluding carboxylic acids is 2. The molecule has 3 N–H and O–H groups in total. The second-order valence-electron chi connectivity index (χ2n) is 8.53. The fraction of sp³-hybridized carbons (Fsp3) is 0.400. The summed E-state index contributed by atoms with van der Waals surface area (Å²) in [6.07, 6.45) is 1.22. The molecule has 0 spiro atoms. The number of alkyl carbamates (subject to hydrolysis) is 1. The number of methoxy groups -OCH3 is 1. The van der Waals surface area contributed by atoms with E-state index in [9.17, 15) is 19.5 Å². The molecule has 8 heteroatoms. The Morgan fingerprint density at radius 3 is 2.15 bits per heavy atom. The molecule has 0 aliphatic heterocycles. The standard InChI is InChI=1S/C25H28N2O6/c1-32-14-22(24(29)30)26-23(28)12-21(15-10-11-15)27-25(31)33-13-20-18-8-4-2-6-16(18)17-7-3-5-9-19(17)20/h2-9,15,20-22H,10-14H2,1H3,(H,26,28)(H,27,31)(H,29,30). The van der Waals surface area contributed by atoms with E-state index in [2.05, 4.69) is 34.9 Å². The second kappa shape index (κ2) is 10.0. The van der Waals surface area contributed by atoms with Crippen molar-refractivity contribution in [2.75, 3.05) is 20.3 Å². The summed E-state index contributed by atoms with van der Waals surface area (Å²) in [5.41, 5.74) is 4.56. The first-order valence-electron chi connectivity index (χ1n) is 11.1. The van der Waals surface area contributed by atoms with Crippen LogP contribution >= 0.6 is 0 Å². The molecule has 8 nitrogen and oxygen atoms in total. The van der Waals surface area contributed by atoms with Gasteiger partial charge in [0.2, 0.25) is 5.91 Å². The van der Waals surface area contributed by atoms with Crippen molar-refractivity contribution in [1.29, 1.82) is 0 Å². The highest BCUT2D eigenvalue weighted by Crippen LogP contribution is 2.44. The molecule has 2 atom stereocenters. The highest BCUT2D eigenvalue weighted by molar-refractivity contribution is 5.84. The van der Waals surface area contributed by atoms with E-state index in [0.29, 0.717) is 0 Å². The first kappa shape index (κ1) is 22.8. The molecule has 0 heterocycles. The number of benzene rings is 2. The van der Waals surface area contributed by atoms with Gasteiger partial charge < -0.3 is 25.2 Å². The summed E-state index contributed by atoms with van der Waals surface area (Å²) in [5.74, 6) is -1.48. The Morgan fingerprint density at radius 2 is 1.61 bits per heavy atom. The number of rotatable bonds is 10. The summed E-state index contributed by atoms with van der Waals surface area (Å²) in [7, 11) is 1.37. The third-order valence-corrected chi connectivity index (χ3v) is 6.21. The van der Waals surface area contributed by atoms with E-state index < -0.39 is 30.1 Å². The minimum absolute atomic E-state index is 0.0116. The fourth-order valence-electron chi connectivity index (χ4n) is 4.42. The molecule has 0 saturated heterocycles. The number of carbonyl (C=O) groups is 3. The zero-order valence-electron chi connectivity index (χ0n) is 18.5. The highest BCUT2D eigenvalue weighted by Gasteiger charge is 2.35. The quantitative estimate of drug-likeness (QED) is 0.511. The summed E-state index contributed by atoms with van der Waals surface area (Å²) in [6, 6.07) is 14.7. The number of aliphatic carboxylic acids is 1. The van der Waals surface area contributed by atoms with Crippen LogP contribution in [0.5, 0.6) is 0 Å². The minimum atomic E-state index is -1.17. The van der Waals surface area contributed by atoms with Crippen LogP contribution < -0.4 is 10.6 Å². The average molecular weight is 453 g/mol. The van der Waals surface area contributed by atoms with Crippen LogP contribution in [0.1, 0.15) is 36.3 Å². The number of fused-ring (bicyclic) bond motifs is 3. The van der Waals surface area contributed by atoms with Crippen LogP contribution in [-0.4, -0.2) is 55.5 Å². The van der Waals surface area contributed by atoms with Crippen molar-refractivity contribution in [3.05, 3.63) is 59.7 Å². The zero-order valence-corrected chi connectivity index (χ0v) is 18.5. The Morgan fingerprint density at radius 1 is 1.00 bits per heavy atom. The molecule has 2 unspecified atom stereocenters. The van der Waals surface area contributed by atoms with Gasteiger partial charge in [-0.2, -0.15) is 0 Å². The Labute approximate surface area is 192 Å². The number of hydrogen-bond donors (Lipinski definition) is 3. The second-order valence-corrected chi connectivity index (χ2v) is 8.53. The minimum Gasteiger partial charge on any atom is -0.480 e. The Bertz CT molecular complexity index is 990. The van der Waals surface area contributed by atoms with Gasteiger partial charge in [-0.25, -0.2) is 9.59 Å². The number of ether oxygens (including phenoxy) is 2. The van der Waals surface area contributed by atoms with Crippen molar-refractivity contribution >= 4 is 18.0 Å². The van der Waals surface area contributed by atoms with E-state index >= 15 is 0 Å². The van der Waals surface area contributed by atoms with Crippen LogP contribution in [0, 0.1) is 5.92 Å². The van der Waals surface area contributed by atoms with Crippen molar-refractivity contribution in [1.82, 2.24) is 10.6 Å². The predicted molar refractivity (Wildman–Crippen MR) is 121 cm³/mol. The van der Waals surface area contributed by atoms with Crippen LogP contribution in [0.3, 0.4) is 0 Å². The van der Waals surface area contributed by atoms with E-state index in [4.69, 9.17) is 9.47 Å². The van der Waals surface area contributed by atoms with E-state index in [1.54, 1.807) is 0 Å². The Balaban J connectivity index is 1.35. The van der Waals surface area contributed by atoms with E-state index in [-0.39, 0.29) is 31.5 Å². The molecule has 174 valence electrons. The third-order valence-electron chi connectivity index (χ3n) is 6.21. The van der Waals surface area contributed by atoms with Gasteiger partial charge in [0.1, 0.15) is 6.61 Å². The average Bonchev–Trinajstić information content (AvgIpc) is 3.60. The van der Waals surface area contributed by atoms with Crippen molar-refractivity contribution in [2.24, 2.45) is 5.92 Å². The van der Waals surface area contributed by atoms with Gasteiger partial charge in [0, 0.05) is 25.5 Å². The first-order chi connectivity index (χ1) is 16.0. The molecule has 2 aliphatic rings. The SMILES string of the molecule is COCC(NC(=O)CC(NC(=O)OCC1c2ccccc2-c2ccccc21)C1CC1)C(=O)O. The third kappa shape index (κ3) is 5.34. The van der Waals surface area contributed by atoms with Gasteiger partial charge in [-0.15, -0.1) is 0 Å². The lowest BCUT2D eigenvalue weighted by atomic mass is 9.98. The molecule has 2 aromatic carbocycles. The smallest absolute Gasteiger partial charge is 0.407 e. The zero-order chi connectivity index (χ0) is 23.4. The van der Waals surface area contributed by atoms with Crippen molar-refractivity contribution in [2.45, 2.75) is 37.3 Å².